The topological polar surface area (TPSA) is 177 Å². The van der Waals surface area contributed by atoms with Gasteiger partial charge in [-0.25, -0.2) is 27.2 Å². The van der Waals surface area contributed by atoms with E-state index in [2.05, 4.69) is 20.6 Å². The smallest absolute Gasteiger partial charge is 0.259 e. The Morgan fingerprint density at radius 3 is 2.38 bits per heavy atom. The van der Waals surface area contributed by atoms with E-state index in [1.165, 1.54) is 4.90 Å². The molecule has 16 heteroatoms. The average Bonchev–Trinajstić information content (AvgIpc) is 3.99. The van der Waals surface area contributed by atoms with Crippen molar-refractivity contribution in [3.63, 3.8) is 0 Å². The zero-order valence-electron chi connectivity index (χ0n) is 30.0. The first-order valence-corrected chi connectivity index (χ1v) is 19.8. The minimum Gasteiger partial charge on any atom is -0.471 e. The number of ether oxygens (including phenoxy) is 1. The predicted octanol–water partition coefficient (Wildman–Crippen LogP) is 3.54. The molecular weight excluding hydrogens is 698 g/mol. The van der Waals surface area contributed by atoms with E-state index in [0.717, 1.165) is 0 Å². The Bertz CT molecular complexity index is 1850. The number of carbonyl (C=O) groups is 4. The lowest BCUT2D eigenvalue weighted by Gasteiger charge is -2.31. The normalized spacial score (nSPS) is 28.5. The minimum atomic E-state index is -4.06. The van der Waals surface area contributed by atoms with E-state index in [9.17, 15) is 27.6 Å². The molecule has 3 N–H and O–H groups in total. The number of aromatic nitrogens is 2. The zero-order valence-corrected chi connectivity index (χ0v) is 30.9. The largest absolute Gasteiger partial charge is 0.471 e. The number of amides is 4. The highest BCUT2D eigenvalue weighted by atomic mass is 32.2. The zero-order chi connectivity index (χ0) is 37.6. The van der Waals surface area contributed by atoms with Crippen molar-refractivity contribution in [1.82, 2.24) is 30.2 Å². The van der Waals surface area contributed by atoms with Gasteiger partial charge in [0.1, 0.15) is 29.4 Å². The van der Waals surface area contributed by atoms with Crippen molar-refractivity contribution in [3.8, 4) is 5.88 Å². The van der Waals surface area contributed by atoms with Gasteiger partial charge in [-0.1, -0.05) is 52.7 Å². The fraction of sp³-hybridized carbons (Fsp3) is 0.667. The second kappa shape index (κ2) is 14.1. The number of sulfonamides is 1. The second-order valence-corrected chi connectivity index (χ2v) is 17.7. The number of rotatable bonds is 7. The molecule has 13 nitrogen and oxygen atoms in total. The van der Waals surface area contributed by atoms with Crippen LogP contribution < -0.4 is 20.1 Å². The van der Waals surface area contributed by atoms with Crippen molar-refractivity contribution < 1.29 is 41.1 Å². The summed E-state index contributed by atoms with van der Waals surface area (Å²) in [6, 6.07) is 4.98. The summed E-state index contributed by atoms with van der Waals surface area (Å²) in [6.45, 7) is 6.92. The Kier molecular flexibility index (Phi) is 10.3. The van der Waals surface area contributed by atoms with Gasteiger partial charge in [-0.3, -0.25) is 23.9 Å². The second-order valence-electron chi connectivity index (χ2n) is 15.8. The van der Waals surface area contributed by atoms with Crippen molar-refractivity contribution >= 4 is 44.7 Å². The van der Waals surface area contributed by atoms with E-state index in [-0.39, 0.29) is 38.1 Å². The molecule has 3 heterocycles. The third-order valence-corrected chi connectivity index (χ3v) is 12.3. The van der Waals surface area contributed by atoms with E-state index in [4.69, 9.17) is 4.74 Å². The van der Waals surface area contributed by atoms with Crippen LogP contribution in [-0.2, 0) is 35.6 Å². The molecular formula is C36H48F2N6O7S. The van der Waals surface area contributed by atoms with Crippen LogP contribution in [0.3, 0.4) is 0 Å². The maximum atomic E-state index is 15.3. The van der Waals surface area contributed by atoms with Crippen LogP contribution >= 0.6 is 0 Å². The van der Waals surface area contributed by atoms with Crippen molar-refractivity contribution in [3.05, 3.63) is 30.0 Å². The summed E-state index contributed by atoms with van der Waals surface area (Å²) in [7, 11) is -4.06. The number of fused-ring (bicyclic) bond motifs is 3. The highest BCUT2D eigenvalue weighted by molar-refractivity contribution is 7.91. The maximum Gasteiger partial charge on any atom is 0.259 e. The molecule has 6 rings (SSSR count). The van der Waals surface area contributed by atoms with Crippen LogP contribution in [0, 0.1) is 11.3 Å². The molecule has 2 aliphatic carbocycles. The molecule has 0 radical (unpaired) electrons. The Morgan fingerprint density at radius 2 is 1.73 bits per heavy atom. The van der Waals surface area contributed by atoms with Gasteiger partial charge in [-0.15, -0.1) is 0 Å². The monoisotopic (exact) mass is 746 g/mol. The van der Waals surface area contributed by atoms with Crippen molar-refractivity contribution in [1.29, 1.82) is 0 Å². The van der Waals surface area contributed by atoms with E-state index in [1.807, 2.05) is 29.8 Å². The van der Waals surface area contributed by atoms with Crippen molar-refractivity contribution in [2.45, 2.75) is 133 Å². The summed E-state index contributed by atoms with van der Waals surface area (Å²) < 4.78 is 64.6. The fourth-order valence-electron chi connectivity index (χ4n) is 7.13. The van der Waals surface area contributed by atoms with Gasteiger partial charge in [0, 0.05) is 24.7 Å². The number of alkyl halides is 2. The molecule has 4 amide bonds. The van der Waals surface area contributed by atoms with Crippen LogP contribution in [0.4, 0.5) is 8.78 Å². The van der Waals surface area contributed by atoms with E-state index >= 15 is 8.78 Å². The van der Waals surface area contributed by atoms with Crippen LogP contribution in [-0.4, -0.2) is 88.4 Å². The SMILES string of the molecule is CCc1nc2ccccc2nc1O[C@@H]1C[C@H]2C(=O)N[C@]3(C(=O)NS(=O)(=O)C4CC4)C[C@H]3CC(F)(F)CCCCC[C@H](NC(=O)C(C)(C)C)C(=O)N2C1. The molecule has 1 aromatic heterocycles. The summed E-state index contributed by atoms with van der Waals surface area (Å²) in [5, 5.41) is 4.72. The number of nitrogens with zero attached hydrogens (tertiary/aromatic N) is 3. The van der Waals surface area contributed by atoms with Gasteiger partial charge in [0.25, 0.3) is 5.91 Å². The Hall–Kier alpha value is -3.95. The molecule has 52 heavy (non-hydrogen) atoms. The minimum absolute atomic E-state index is 0.0475. The van der Waals surface area contributed by atoms with Gasteiger partial charge in [0.05, 0.1) is 22.8 Å². The summed E-state index contributed by atoms with van der Waals surface area (Å²) in [5.74, 6) is -6.77. The van der Waals surface area contributed by atoms with E-state index < -0.39 is 92.7 Å². The van der Waals surface area contributed by atoms with E-state index in [1.54, 1.807) is 26.8 Å². The standard InChI is InChI=1S/C36H48F2N6O7S/c1-5-24-30(40-26-12-9-8-11-25(26)39-24)51-22-17-28-29(45)42-36(33(48)43-52(49,50)23-14-15-23)19-21(36)18-35(37,38)16-10-6-7-13-27(31(46)44(28)20-22)41-32(47)34(2,3)4/h8-9,11-12,21-23,27-28H,5-7,10,13-20H2,1-4H3,(H,41,47)(H,42,45)(H,43,48)/t21-,22-,27+,28+,36-/m1/s1. The van der Waals surface area contributed by atoms with Crippen LogP contribution in [0.25, 0.3) is 11.0 Å². The van der Waals surface area contributed by atoms with Crippen LogP contribution in [0.1, 0.15) is 97.6 Å². The number of hydrogen-bond acceptors (Lipinski definition) is 9. The molecule has 0 bridgehead atoms. The Labute approximate surface area is 302 Å². The summed E-state index contributed by atoms with van der Waals surface area (Å²) in [6.07, 6.45) is 0.0514. The third-order valence-electron chi connectivity index (χ3n) is 10.5. The summed E-state index contributed by atoms with van der Waals surface area (Å²) >= 11 is 0. The molecule has 4 aliphatic rings. The summed E-state index contributed by atoms with van der Waals surface area (Å²) in [5.41, 5.74) is -0.917. The van der Waals surface area contributed by atoms with Gasteiger partial charge in [-0.2, -0.15) is 0 Å². The Balaban J connectivity index is 1.34. The molecule has 0 unspecified atom stereocenters. The van der Waals surface area contributed by atoms with Crippen LogP contribution in [0.15, 0.2) is 24.3 Å². The van der Waals surface area contributed by atoms with Crippen LogP contribution in [0.5, 0.6) is 5.88 Å². The number of benzene rings is 1. The lowest BCUT2D eigenvalue weighted by atomic mass is 9.94. The van der Waals surface area contributed by atoms with Crippen molar-refractivity contribution in [2.75, 3.05) is 6.54 Å². The van der Waals surface area contributed by atoms with Gasteiger partial charge in [0.15, 0.2) is 0 Å². The van der Waals surface area contributed by atoms with E-state index in [0.29, 0.717) is 48.8 Å². The molecule has 0 spiro atoms. The quantitative estimate of drug-likeness (QED) is 0.383. The van der Waals surface area contributed by atoms with Gasteiger partial charge in [-0.05, 0) is 56.6 Å². The first kappa shape index (κ1) is 37.8. The number of hydrogen-bond donors (Lipinski definition) is 3. The van der Waals surface area contributed by atoms with Crippen molar-refractivity contribution in [2.24, 2.45) is 11.3 Å². The van der Waals surface area contributed by atoms with Gasteiger partial charge >= 0.3 is 0 Å². The molecule has 2 saturated heterocycles. The molecule has 2 aromatic rings. The van der Waals surface area contributed by atoms with Crippen LogP contribution in [0.2, 0.25) is 0 Å². The number of aryl methyl sites for hydroxylation is 1. The predicted molar refractivity (Wildman–Crippen MR) is 187 cm³/mol. The highest BCUT2D eigenvalue weighted by Crippen LogP contribution is 2.51. The van der Waals surface area contributed by atoms with Gasteiger partial charge in [0.2, 0.25) is 39.5 Å². The molecule has 5 atom stereocenters. The molecule has 1 aromatic carbocycles. The first-order chi connectivity index (χ1) is 24.4. The number of carbonyl (C=O) groups excluding carboxylic acids is 4. The maximum absolute atomic E-state index is 15.3. The average molecular weight is 747 g/mol. The summed E-state index contributed by atoms with van der Waals surface area (Å²) in [4.78, 5) is 66.2. The molecule has 2 saturated carbocycles. The number of nitrogens with one attached hydrogen (secondary N) is 3. The fourth-order valence-corrected chi connectivity index (χ4v) is 8.49. The lowest BCUT2D eigenvalue weighted by Crippen LogP contribution is -2.58. The molecule has 2 aliphatic heterocycles. The first-order valence-electron chi connectivity index (χ1n) is 18.2. The highest BCUT2D eigenvalue weighted by Gasteiger charge is 2.65. The lowest BCUT2D eigenvalue weighted by molar-refractivity contribution is -0.143. The molecule has 4 fully saturated rings. The molecule has 284 valence electrons. The van der Waals surface area contributed by atoms with Gasteiger partial charge < -0.3 is 20.3 Å². The Morgan fingerprint density at radius 1 is 1.04 bits per heavy atom. The number of halogens is 2. The number of para-hydroxylation sites is 2. The third kappa shape index (κ3) is 8.16.